The minimum Gasteiger partial charge on any atom is -0.493 e. The zero-order valence-electron chi connectivity index (χ0n) is 11.8. The van der Waals surface area contributed by atoms with E-state index in [1.165, 1.54) is 20.3 Å². The number of halogens is 4. The van der Waals surface area contributed by atoms with E-state index in [4.69, 9.17) is 15.2 Å². The van der Waals surface area contributed by atoms with Crippen molar-refractivity contribution in [1.82, 2.24) is 0 Å². The lowest BCUT2D eigenvalue weighted by Crippen LogP contribution is -2.17. The molecule has 0 saturated heterocycles. The van der Waals surface area contributed by atoms with Crippen LogP contribution in [0.4, 0.5) is 18.9 Å². The lowest BCUT2D eigenvalue weighted by molar-refractivity contribution is -0.385. The molecule has 1 aromatic rings. The first-order valence-electron chi connectivity index (χ1n) is 5.92. The number of ether oxygens (including phenoxy) is 2. The van der Waals surface area contributed by atoms with Gasteiger partial charge in [-0.1, -0.05) is 0 Å². The number of benzene rings is 1. The number of nitro benzene ring substituents is 1. The van der Waals surface area contributed by atoms with E-state index in [9.17, 15) is 23.3 Å². The van der Waals surface area contributed by atoms with Gasteiger partial charge in [0.15, 0.2) is 11.5 Å². The molecule has 0 aliphatic carbocycles. The third-order valence-electron chi connectivity index (χ3n) is 2.87. The Morgan fingerprint density at radius 2 is 1.77 bits per heavy atom. The fourth-order valence-electron chi connectivity index (χ4n) is 1.81. The molecule has 0 amide bonds. The highest BCUT2D eigenvalue weighted by Gasteiger charge is 2.30. The van der Waals surface area contributed by atoms with Gasteiger partial charge in [0.2, 0.25) is 0 Å². The van der Waals surface area contributed by atoms with E-state index >= 15 is 0 Å². The summed E-state index contributed by atoms with van der Waals surface area (Å²) in [5.41, 5.74) is 5.23. The van der Waals surface area contributed by atoms with Crippen molar-refractivity contribution >= 4 is 18.1 Å². The van der Waals surface area contributed by atoms with E-state index in [1.807, 2.05) is 0 Å². The van der Waals surface area contributed by atoms with Crippen LogP contribution < -0.4 is 15.2 Å². The van der Waals surface area contributed by atoms with Crippen LogP contribution >= 0.6 is 12.4 Å². The topological polar surface area (TPSA) is 87.6 Å². The molecule has 6 nitrogen and oxygen atoms in total. The molecular weight excluding hydrogens is 329 g/mol. The molecule has 0 saturated carbocycles. The number of hydrogen-bond donors (Lipinski definition) is 1. The predicted molar refractivity (Wildman–Crippen MR) is 75.7 cm³/mol. The summed E-state index contributed by atoms with van der Waals surface area (Å²) < 4.78 is 46.6. The Morgan fingerprint density at radius 3 is 2.18 bits per heavy atom. The second-order valence-electron chi connectivity index (χ2n) is 4.28. The van der Waals surface area contributed by atoms with Gasteiger partial charge in [0.05, 0.1) is 30.8 Å². The van der Waals surface area contributed by atoms with Gasteiger partial charge < -0.3 is 15.2 Å². The molecule has 1 atom stereocenters. The van der Waals surface area contributed by atoms with Gasteiger partial charge >= 0.3 is 6.18 Å². The van der Waals surface area contributed by atoms with E-state index in [2.05, 4.69) is 0 Å². The molecule has 0 aliphatic heterocycles. The van der Waals surface area contributed by atoms with Crippen LogP contribution in [0.2, 0.25) is 0 Å². The van der Waals surface area contributed by atoms with E-state index in [0.717, 1.165) is 6.07 Å². The highest BCUT2D eigenvalue weighted by Crippen LogP contribution is 2.38. The average Bonchev–Trinajstić information content (AvgIpc) is 2.42. The minimum absolute atomic E-state index is 0. The Balaban J connectivity index is 0.00000441. The molecule has 1 rings (SSSR count). The number of alkyl halides is 3. The number of rotatable bonds is 6. The molecular formula is C12H16ClF3N2O4. The van der Waals surface area contributed by atoms with Gasteiger partial charge in [-0.2, -0.15) is 13.2 Å². The zero-order chi connectivity index (χ0) is 16.2. The molecule has 0 radical (unpaired) electrons. The van der Waals surface area contributed by atoms with Crippen molar-refractivity contribution in [1.29, 1.82) is 0 Å². The predicted octanol–water partition coefficient (Wildman–Crippen LogP) is 3.38. The maximum atomic E-state index is 12.2. The van der Waals surface area contributed by atoms with Crippen LogP contribution in [-0.2, 0) is 0 Å². The molecule has 0 fully saturated rings. The smallest absolute Gasteiger partial charge is 0.389 e. The van der Waals surface area contributed by atoms with E-state index in [1.54, 1.807) is 0 Å². The number of methoxy groups -OCH3 is 2. The Labute approximate surface area is 130 Å². The molecule has 2 N–H and O–H groups in total. The summed E-state index contributed by atoms with van der Waals surface area (Å²) in [4.78, 5) is 10.3. The third kappa shape index (κ3) is 5.23. The van der Waals surface area contributed by atoms with Crippen molar-refractivity contribution in [3.8, 4) is 11.5 Å². The van der Waals surface area contributed by atoms with Crippen molar-refractivity contribution in [3.63, 3.8) is 0 Å². The molecule has 0 unspecified atom stereocenters. The van der Waals surface area contributed by atoms with Gasteiger partial charge in [-0.15, -0.1) is 12.4 Å². The summed E-state index contributed by atoms with van der Waals surface area (Å²) in [7, 11) is 2.61. The SMILES string of the molecule is COc1cc([C@@H](N)CCC(F)(F)F)c([N+](=O)[O-])cc1OC.Cl. The van der Waals surface area contributed by atoms with Crippen LogP contribution in [0.5, 0.6) is 11.5 Å². The lowest BCUT2D eigenvalue weighted by Gasteiger charge is -2.16. The summed E-state index contributed by atoms with van der Waals surface area (Å²) in [6.45, 7) is 0. The quantitative estimate of drug-likeness (QED) is 0.631. The average molecular weight is 345 g/mol. The first kappa shape index (κ1) is 20.3. The zero-order valence-corrected chi connectivity index (χ0v) is 12.7. The van der Waals surface area contributed by atoms with Gasteiger partial charge in [-0.25, -0.2) is 0 Å². The van der Waals surface area contributed by atoms with E-state index < -0.39 is 35.7 Å². The molecule has 10 heteroatoms. The number of hydrogen-bond acceptors (Lipinski definition) is 5. The summed E-state index contributed by atoms with van der Waals surface area (Å²) in [5, 5.41) is 11.0. The van der Waals surface area contributed by atoms with Gasteiger partial charge in [0.25, 0.3) is 5.69 Å². The Bertz CT molecular complexity index is 526. The maximum Gasteiger partial charge on any atom is 0.389 e. The second kappa shape index (κ2) is 8.04. The van der Waals surface area contributed by atoms with Crippen LogP contribution in [-0.4, -0.2) is 25.3 Å². The van der Waals surface area contributed by atoms with Crippen molar-refractivity contribution in [2.45, 2.75) is 25.1 Å². The largest absolute Gasteiger partial charge is 0.493 e. The number of nitrogens with two attached hydrogens (primary N) is 1. The fourth-order valence-corrected chi connectivity index (χ4v) is 1.81. The molecule has 0 spiro atoms. The summed E-state index contributed by atoms with van der Waals surface area (Å²) >= 11 is 0. The Kier molecular flexibility index (Phi) is 7.41. The van der Waals surface area contributed by atoms with Crippen LogP contribution in [0.25, 0.3) is 0 Å². The Hall–Kier alpha value is -1.74. The fraction of sp³-hybridized carbons (Fsp3) is 0.500. The van der Waals surface area contributed by atoms with Crippen LogP contribution in [0, 0.1) is 10.1 Å². The Morgan fingerprint density at radius 1 is 1.27 bits per heavy atom. The standard InChI is InChI=1S/C12H15F3N2O4.ClH/c1-20-10-5-7(8(16)3-4-12(13,14)15)9(17(18)19)6-11(10)21-2;/h5-6,8H,3-4,16H2,1-2H3;1H/t8-;/m0./s1. The highest BCUT2D eigenvalue weighted by molar-refractivity contribution is 5.85. The molecule has 0 bridgehead atoms. The lowest BCUT2D eigenvalue weighted by atomic mass is 10.00. The molecule has 0 aliphatic rings. The van der Waals surface area contributed by atoms with E-state index in [-0.39, 0.29) is 29.5 Å². The first-order chi connectivity index (χ1) is 9.69. The molecule has 1 aromatic carbocycles. The number of nitro groups is 1. The maximum absolute atomic E-state index is 12.2. The van der Waals surface area contributed by atoms with Gasteiger partial charge in [0, 0.05) is 12.5 Å². The van der Waals surface area contributed by atoms with Gasteiger partial charge in [0.1, 0.15) is 0 Å². The number of nitrogens with zero attached hydrogens (tertiary/aromatic N) is 1. The summed E-state index contributed by atoms with van der Waals surface area (Å²) in [5.74, 6) is 0.275. The van der Waals surface area contributed by atoms with Gasteiger partial charge in [-0.3, -0.25) is 10.1 Å². The summed E-state index contributed by atoms with van der Waals surface area (Å²) in [6.07, 6.45) is -5.96. The van der Waals surface area contributed by atoms with Crippen molar-refractivity contribution in [3.05, 3.63) is 27.8 Å². The van der Waals surface area contributed by atoms with Crippen LogP contribution in [0.15, 0.2) is 12.1 Å². The first-order valence-corrected chi connectivity index (χ1v) is 5.92. The van der Waals surface area contributed by atoms with Gasteiger partial charge in [-0.05, 0) is 12.5 Å². The van der Waals surface area contributed by atoms with Crippen molar-refractivity contribution in [2.75, 3.05) is 14.2 Å². The molecule has 22 heavy (non-hydrogen) atoms. The van der Waals surface area contributed by atoms with E-state index in [0.29, 0.717) is 0 Å². The second-order valence-corrected chi connectivity index (χ2v) is 4.28. The molecule has 126 valence electrons. The van der Waals surface area contributed by atoms with Crippen LogP contribution in [0.1, 0.15) is 24.4 Å². The van der Waals surface area contributed by atoms with Crippen molar-refractivity contribution < 1.29 is 27.6 Å². The highest BCUT2D eigenvalue weighted by atomic mass is 35.5. The minimum atomic E-state index is -4.37. The third-order valence-corrected chi connectivity index (χ3v) is 2.87. The molecule has 0 aromatic heterocycles. The summed E-state index contributed by atoms with van der Waals surface area (Å²) in [6, 6.07) is 1.19. The molecule has 0 heterocycles. The monoisotopic (exact) mass is 344 g/mol. The normalized spacial score (nSPS) is 12.3. The van der Waals surface area contributed by atoms with Crippen molar-refractivity contribution in [2.24, 2.45) is 5.73 Å². The van der Waals surface area contributed by atoms with Crippen LogP contribution in [0.3, 0.4) is 0 Å².